The van der Waals surface area contributed by atoms with Crippen molar-refractivity contribution in [2.75, 3.05) is 18.2 Å². The van der Waals surface area contributed by atoms with Crippen molar-refractivity contribution in [3.05, 3.63) is 106 Å². The lowest BCUT2D eigenvalue weighted by atomic mass is 9.62. The largest absolute Gasteiger partial charge is 0.495 e. The standard InChI is InChI=1S/C34H35N3O3S/c1-40-28-17-9-8-16-27(28)35-29(38)23-41-33-36-31-26-15-7-6-14-25(26)22-34(19-10-3-11-20-34)30(31)32(39)37(33)21-18-24-12-4-2-5-13-24/h2,4-9,12-17H,3,10-11,18-23H2,1H3,(H,35,38). The molecule has 3 aromatic carbocycles. The molecule has 7 heteroatoms. The number of thioether (sulfide) groups is 1. The highest BCUT2D eigenvalue weighted by atomic mass is 32.2. The first-order chi connectivity index (χ1) is 20.1. The fraction of sp³-hybridized carbons (Fsp3) is 0.324. The Kier molecular flexibility index (Phi) is 7.97. The minimum Gasteiger partial charge on any atom is -0.495 e. The van der Waals surface area contributed by atoms with E-state index in [0.717, 1.165) is 48.9 Å². The smallest absolute Gasteiger partial charge is 0.258 e. The summed E-state index contributed by atoms with van der Waals surface area (Å²) in [6, 6.07) is 26.0. The lowest BCUT2D eigenvalue weighted by Crippen LogP contribution is -2.43. The molecule has 2 aliphatic carbocycles. The molecule has 1 heterocycles. The van der Waals surface area contributed by atoms with Crippen molar-refractivity contribution >= 4 is 23.4 Å². The lowest BCUT2D eigenvalue weighted by Gasteiger charge is -2.42. The molecule has 0 atom stereocenters. The number of rotatable bonds is 8. The van der Waals surface area contributed by atoms with Crippen molar-refractivity contribution < 1.29 is 9.53 Å². The minimum atomic E-state index is -0.176. The fourth-order valence-electron chi connectivity index (χ4n) is 6.48. The van der Waals surface area contributed by atoms with E-state index >= 15 is 0 Å². The highest BCUT2D eigenvalue weighted by Gasteiger charge is 2.43. The number of methoxy groups -OCH3 is 1. The van der Waals surface area contributed by atoms with Crippen LogP contribution in [0.3, 0.4) is 0 Å². The first kappa shape index (κ1) is 27.3. The van der Waals surface area contributed by atoms with E-state index in [4.69, 9.17) is 9.72 Å². The maximum atomic E-state index is 14.6. The van der Waals surface area contributed by atoms with Crippen molar-refractivity contribution in [1.29, 1.82) is 0 Å². The molecule has 4 aromatic rings. The first-order valence-corrected chi connectivity index (χ1v) is 15.4. The lowest BCUT2D eigenvalue weighted by molar-refractivity contribution is -0.113. The molecule has 6 nitrogen and oxygen atoms in total. The van der Waals surface area contributed by atoms with Crippen LogP contribution in [0.5, 0.6) is 5.75 Å². The molecule has 1 amide bonds. The van der Waals surface area contributed by atoms with E-state index in [-0.39, 0.29) is 22.6 Å². The Balaban J connectivity index is 1.39. The number of nitrogens with zero attached hydrogens (tertiary/aromatic N) is 2. The number of ether oxygens (including phenoxy) is 1. The molecule has 0 bridgehead atoms. The molecule has 0 unspecified atom stereocenters. The van der Waals surface area contributed by atoms with Gasteiger partial charge in [-0.2, -0.15) is 0 Å². The number of nitrogens with one attached hydrogen (secondary N) is 1. The third-order valence-electron chi connectivity index (χ3n) is 8.46. The number of amides is 1. The van der Waals surface area contributed by atoms with E-state index in [1.807, 2.05) is 53.1 Å². The van der Waals surface area contributed by atoms with Gasteiger partial charge >= 0.3 is 0 Å². The van der Waals surface area contributed by atoms with Gasteiger partial charge in [0.05, 0.1) is 29.8 Å². The Morgan fingerprint density at radius 2 is 1.71 bits per heavy atom. The third kappa shape index (κ3) is 5.55. The summed E-state index contributed by atoms with van der Waals surface area (Å²) in [6.45, 7) is 0.511. The molecule has 6 rings (SSSR count). The quantitative estimate of drug-likeness (QED) is 0.191. The molecule has 210 valence electrons. The van der Waals surface area contributed by atoms with Crippen LogP contribution in [0.15, 0.2) is 88.8 Å². The molecule has 1 aromatic heterocycles. The number of hydrogen-bond donors (Lipinski definition) is 1. The summed E-state index contributed by atoms with van der Waals surface area (Å²) >= 11 is 1.32. The van der Waals surface area contributed by atoms with Gasteiger partial charge in [0.15, 0.2) is 5.16 Å². The molecular formula is C34H35N3O3S. The van der Waals surface area contributed by atoms with Crippen LogP contribution in [0.25, 0.3) is 11.3 Å². The molecule has 1 fully saturated rings. The zero-order valence-electron chi connectivity index (χ0n) is 23.4. The summed E-state index contributed by atoms with van der Waals surface area (Å²) < 4.78 is 7.22. The van der Waals surface area contributed by atoms with Crippen LogP contribution >= 0.6 is 11.8 Å². The van der Waals surface area contributed by atoms with E-state index < -0.39 is 0 Å². The Labute approximate surface area is 245 Å². The zero-order valence-corrected chi connectivity index (χ0v) is 24.2. The number of anilines is 1. The monoisotopic (exact) mass is 565 g/mol. The van der Waals surface area contributed by atoms with Crippen molar-refractivity contribution in [2.24, 2.45) is 0 Å². The number of para-hydroxylation sites is 2. The van der Waals surface area contributed by atoms with Crippen molar-refractivity contribution in [3.8, 4) is 17.0 Å². The van der Waals surface area contributed by atoms with E-state index in [1.54, 1.807) is 7.11 Å². The first-order valence-electron chi connectivity index (χ1n) is 14.4. The second-order valence-corrected chi connectivity index (χ2v) is 12.0. The zero-order chi connectivity index (χ0) is 28.2. The Morgan fingerprint density at radius 3 is 2.51 bits per heavy atom. The van der Waals surface area contributed by atoms with Crippen molar-refractivity contribution in [3.63, 3.8) is 0 Å². The third-order valence-corrected chi connectivity index (χ3v) is 9.43. The summed E-state index contributed by atoms with van der Waals surface area (Å²) in [5, 5.41) is 3.53. The van der Waals surface area contributed by atoms with Gasteiger partial charge in [-0.3, -0.25) is 14.2 Å². The van der Waals surface area contributed by atoms with Gasteiger partial charge in [0.25, 0.3) is 5.56 Å². The normalized spacial score (nSPS) is 15.1. The minimum absolute atomic E-state index is 0.0509. The number of carbonyl (C=O) groups is 1. The van der Waals surface area contributed by atoms with Crippen LogP contribution in [0.2, 0.25) is 0 Å². The molecule has 0 radical (unpaired) electrons. The molecule has 41 heavy (non-hydrogen) atoms. The Morgan fingerprint density at radius 1 is 0.976 bits per heavy atom. The number of aromatic nitrogens is 2. The Bertz CT molecular complexity index is 1610. The second kappa shape index (κ2) is 12.0. The average molecular weight is 566 g/mol. The van der Waals surface area contributed by atoms with Crippen molar-refractivity contribution in [1.82, 2.24) is 9.55 Å². The van der Waals surface area contributed by atoms with E-state index in [0.29, 0.717) is 29.6 Å². The van der Waals surface area contributed by atoms with Gasteiger partial charge in [0.2, 0.25) is 5.91 Å². The molecule has 1 spiro atoms. The number of hydrogen-bond acceptors (Lipinski definition) is 5. The van der Waals surface area contributed by atoms with Crippen LogP contribution in [0.4, 0.5) is 5.69 Å². The van der Waals surface area contributed by atoms with Crippen LogP contribution in [-0.2, 0) is 29.6 Å². The molecule has 0 aliphatic heterocycles. The van der Waals surface area contributed by atoms with Gasteiger partial charge in [-0.15, -0.1) is 0 Å². The van der Waals surface area contributed by atoms with E-state index in [1.165, 1.54) is 29.3 Å². The van der Waals surface area contributed by atoms with E-state index in [9.17, 15) is 9.59 Å². The molecule has 1 N–H and O–H groups in total. The summed E-state index contributed by atoms with van der Waals surface area (Å²) in [7, 11) is 1.58. The van der Waals surface area contributed by atoms with Crippen molar-refractivity contribution in [2.45, 2.75) is 62.1 Å². The second-order valence-electron chi connectivity index (χ2n) is 11.0. The maximum absolute atomic E-state index is 14.6. The van der Waals surface area contributed by atoms with Crippen LogP contribution < -0.4 is 15.6 Å². The number of carbonyl (C=O) groups excluding carboxylic acids is 1. The summed E-state index contributed by atoms with van der Waals surface area (Å²) in [5.74, 6) is 0.554. The predicted molar refractivity (Wildman–Crippen MR) is 165 cm³/mol. The number of aryl methyl sites for hydroxylation is 1. The molecular weight excluding hydrogens is 530 g/mol. The fourth-order valence-corrected chi connectivity index (χ4v) is 7.30. The summed E-state index contributed by atoms with van der Waals surface area (Å²) in [4.78, 5) is 32.8. The van der Waals surface area contributed by atoms with E-state index in [2.05, 4.69) is 35.6 Å². The topological polar surface area (TPSA) is 73.2 Å². The number of benzene rings is 3. The van der Waals surface area contributed by atoms with Gasteiger partial charge in [0, 0.05) is 17.5 Å². The average Bonchev–Trinajstić information content (AvgIpc) is 3.00. The Hall–Kier alpha value is -3.84. The summed E-state index contributed by atoms with van der Waals surface area (Å²) in [6.07, 6.45) is 7.10. The van der Waals surface area contributed by atoms with Crippen LogP contribution in [0, 0.1) is 0 Å². The van der Waals surface area contributed by atoms with Crippen LogP contribution in [0.1, 0.15) is 48.8 Å². The van der Waals surface area contributed by atoms with Gasteiger partial charge in [0.1, 0.15) is 5.75 Å². The van der Waals surface area contributed by atoms with Gasteiger partial charge in [-0.25, -0.2) is 4.98 Å². The predicted octanol–water partition coefficient (Wildman–Crippen LogP) is 6.65. The van der Waals surface area contributed by atoms with Gasteiger partial charge < -0.3 is 10.1 Å². The number of fused-ring (bicyclic) bond motifs is 4. The maximum Gasteiger partial charge on any atom is 0.258 e. The molecule has 2 aliphatic rings. The van der Waals surface area contributed by atoms with Gasteiger partial charge in [-0.05, 0) is 48.9 Å². The molecule has 1 saturated carbocycles. The summed E-state index contributed by atoms with van der Waals surface area (Å²) in [5.41, 5.74) is 5.66. The van der Waals surface area contributed by atoms with Gasteiger partial charge in [-0.1, -0.05) is 97.8 Å². The highest BCUT2D eigenvalue weighted by Crippen LogP contribution is 2.48. The molecule has 0 saturated heterocycles. The SMILES string of the molecule is COc1ccccc1NC(=O)CSc1nc2c(c(=O)n1CCc1ccccc1)C1(CCCCC1)Cc1ccccc1-2. The highest BCUT2D eigenvalue weighted by molar-refractivity contribution is 7.99. The van der Waals surface area contributed by atoms with Crippen LogP contribution in [-0.4, -0.2) is 28.3 Å².